The van der Waals surface area contributed by atoms with Crippen LogP contribution in [0.3, 0.4) is 0 Å². The summed E-state index contributed by atoms with van der Waals surface area (Å²) in [6.45, 7) is 1.11. The Balaban J connectivity index is 1.33. The molecule has 3 aromatic heterocycles. The van der Waals surface area contributed by atoms with Gasteiger partial charge >= 0.3 is 6.18 Å². The maximum absolute atomic E-state index is 13.3. The van der Waals surface area contributed by atoms with Gasteiger partial charge in [0.2, 0.25) is 17.7 Å². The summed E-state index contributed by atoms with van der Waals surface area (Å²) >= 11 is 0. The number of hydrogen-bond acceptors (Lipinski definition) is 7. The molecule has 4 heterocycles. The summed E-state index contributed by atoms with van der Waals surface area (Å²) < 4.78 is 61.1. The van der Waals surface area contributed by atoms with Crippen LogP contribution in [0, 0.1) is 0 Å². The third kappa shape index (κ3) is 4.91. The fraction of sp³-hybridized carbons (Fsp3) is 0.407. The van der Waals surface area contributed by atoms with Crippen molar-refractivity contribution in [2.45, 2.75) is 57.4 Å². The van der Waals surface area contributed by atoms with E-state index in [1.54, 1.807) is 33.8 Å². The van der Waals surface area contributed by atoms with E-state index in [9.17, 15) is 22.4 Å². The van der Waals surface area contributed by atoms with E-state index in [4.69, 9.17) is 9.72 Å². The number of amides is 1. The highest BCUT2D eigenvalue weighted by Gasteiger charge is 2.37. The summed E-state index contributed by atoms with van der Waals surface area (Å²) in [5.74, 6) is 1.27. The number of anilines is 1. The molecule has 0 bridgehead atoms. The first kappa shape index (κ1) is 26.8. The molecule has 41 heavy (non-hydrogen) atoms. The second-order valence-electron chi connectivity index (χ2n) is 10.0. The lowest BCUT2D eigenvalue weighted by molar-refractivity contribution is -0.140. The van der Waals surface area contributed by atoms with Gasteiger partial charge in [0.05, 0.1) is 31.9 Å². The molecule has 1 aromatic carbocycles. The molecule has 1 fully saturated rings. The van der Waals surface area contributed by atoms with E-state index in [0.717, 1.165) is 34.9 Å². The Morgan fingerprint density at radius 2 is 1.88 bits per heavy atom. The SMILES string of the molecule is COc1ncnc(C2CC2)c1-c1nc2n(n1)CCC(=O)N2C(C)c1ccc(-c2nc(C(F)(F)F)cn2CCF)cc1. The van der Waals surface area contributed by atoms with Crippen LogP contribution in [0.1, 0.15) is 55.1 Å². The Kier molecular flexibility index (Phi) is 6.70. The van der Waals surface area contributed by atoms with Crippen LogP contribution in [0.2, 0.25) is 0 Å². The monoisotopic (exact) mass is 570 g/mol. The molecular weight excluding hydrogens is 544 g/mol. The normalized spacial score (nSPS) is 16.1. The molecule has 0 spiro atoms. The van der Waals surface area contributed by atoms with Gasteiger partial charge in [-0.15, -0.1) is 5.10 Å². The lowest BCUT2D eigenvalue weighted by atomic mass is 10.0. The summed E-state index contributed by atoms with van der Waals surface area (Å²) in [6, 6.07) is 6.18. The van der Waals surface area contributed by atoms with Crippen LogP contribution in [0.15, 0.2) is 36.8 Å². The second-order valence-corrected chi connectivity index (χ2v) is 10.0. The molecule has 1 amide bonds. The van der Waals surface area contributed by atoms with Crippen molar-refractivity contribution >= 4 is 11.9 Å². The number of rotatable bonds is 8. The van der Waals surface area contributed by atoms with Crippen LogP contribution in [0.4, 0.5) is 23.5 Å². The van der Waals surface area contributed by atoms with Crippen LogP contribution >= 0.6 is 0 Å². The largest absolute Gasteiger partial charge is 0.480 e. The molecule has 14 heteroatoms. The third-order valence-electron chi connectivity index (χ3n) is 7.33. The molecular formula is C27H26F4N8O2. The molecule has 1 atom stereocenters. The zero-order chi connectivity index (χ0) is 28.9. The second kappa shape index (κ2) is 10.2. The molecule has 1 aliphatic heterocycles. The van der Waals surface area contributed by atoms with Crippen LogP contribution in [-0.2, 0) is 24.1 Å². The number of alkyl halides is 4. The van der Waals surface area contributed by atoms with Crippen molar-refractivity contribution in [1.29, 1.82) is 0 Å². The zero-order valence-electron chi connectivity index (χ0n) is 22.3. The highest BCUT2D eigenvalue weighted by Crippen LogP contribution is 2.45. The van der Waals surface area contributed by atoms with E-state index in [1.165, 1.54) is 13.4 Å². The van der Waals surface area contributed by atoms with Gasteiger partial charge in [0.15, 0.2) is 11.5 Å². The highest BCUT2D eigenvalue weighted by molar-refractivity contribution is 5.94. The number of carbonyl (C=O) groups excluding carboxylic acids is 1. The van der Waals surface area contributed by atoms with Crippen molar-refractivity contribution in [1.82, 2.24) is 34.3 Å². The molecule has 1 aliphatic carbocycles. The van der Waals surface area contributed by atoms with E-state index in [2.05, 4.69) is 20.1 Å². The molecule has 10 nitrogen and oxygen atoms in total. The number of aromatic nitrogens is 7. The lowest BCUT2D eigenvalue weighted by Gasteiger charge is -2.31. The average molecular weight is 571 g/mol. The van der Waals surface area contributed by atoms with Crippen molar-refractivity contribution in [3.63, 3.8) is 0 Å². The zero-order valence-corrected chi connectivity index (χ0v) is 22.3. The Labute approximate surface area is 232 Å². The first-order valence-corrected chi connectivity index (χ1v) is 13.2. The number of nitrogens with zero attached hydrogens (tertiary/aromatic N) is 8. The van der Waals surface area contributed by atoms with Gasteiger partial charge in [0.25, 0.3) is 0 Å². The summed E-state index contributed by atoms with van der Waals surface area (Å²) in [5, 5.41) is 4.68. The first-order chi connectivity index (χ1) is 19.7. The number of ether oxygens (including phenoxy) is 1. The van der Waals surface area contributed by atoms with Crippen molar-refractivity contribution in [3.05, 3.63) is 53.7 Å². The molecule has 0 saturated heterocycles. The van der Waals surface area contributed by atoms with E-state index in [0.29, 0.717) is 35.3 Å². The summed E-state index contributed by atoms with van der Waals surface area (Å²) in [5.41, 5.74) is 1.47. The number of hydrogen-bond donors (Lipinski definition) is 0. The summed E-state index contributed by atoms with van der Waals surface area (Å²) in [4.78, 5) is 31.9. The van der Waals surface area contributed by atoms with Crippen LogP contribution in [0.5, 0.6) is 5.88 Å². The summed E-state index contributed by atoms with van der Waals surface area (Å²) in [6.07, 6.45) is -0.153. The van der Waals surface area contributed by atoms with Gasteiger partial charge in [-0.1, -0.05) is 24.3 Å². The maximum atomic E-state index is 13.3. The Bertz CT molecular complexity index is 1590. The van der Waals surface area contributed by atoms with Gasteiger partial charge in [0.1, 0.15) is 24.4 Å². The van der Waals surface area contributed by atoms with Gasteiger partial charge in [-0.25, -0.2) is 24.0 Å². The topological polar surface area (TPSA) is 104 Å². The van der Waals surface area contributed by atoms with Gasteiger partial charge in [0, 0.05) is 24.1 Å². The average Bonchev–Trinajstić information content (AvgIpc) is 3.57. The smallest absolute Gasteiger partial charge is 0.434 e. The predicted octanol–water partition coefficient (Wildman–Crippen LogP) is 4.97. The molecule has 2 aliphatic rings. The van der Waals surface area contributed by atoms with E-state index >= 15 is 0 Å². The number of halogens is 4. The van der Waals surface area contributed by atoms with Crippen molar-refractivity contribution in [2.24, 2.45) is 0 Å². The van der Waals surface area contributed by atoms with Gasteiger partial charge in [-0.3, -0.25) is 9.69 Å². The molecule has 6 rings (SSSR count). The first-order valence-electron chi connectivity index (χ1n) is 13.2. The fourth-order valence-corrected chi connectivity index (χ4v) is 5.11. The van der Waals surface area contributed by atoms with E-state index < -0.39 is 24.6 Å². The highest BCUT2D eigenvalue weighted by atomic mass is 19.4. The Morgan fingerprint density at radius 3 is 2.54 bits per heavy atom. The molecule has 0 N–H and O–H groups in total. The molecule has 214 valence electrons. The minimum atomic E-state index is -4.65. The number of aryl methyl sites for hydroxylation is 2. The minimum absolute atomic E-state index is 0.0121. The van der Waals surface area contributed by atoms with Gasteiger partial charge < -0.3 is 9.30 Å². The summed E-state index contributed by atoms with van der Waals surface area (Å²) in [7, 11) is 1.52. The van der Waals surface area contributed by atoms with Gasteiger partial charge in [-0.2, -0.15) is 18.2 Å². The van der Waals surface area contributed by atoms with Crippen LogP contribution < -0.4 is 9.64 Å². The Morgan fingerprint density at radius 1 is 1.12 bits per heavy atom. The molecule has 1 unspecified atom stereocenters. The standard InChI is InChI=1S/C27H26F4N8O2/c1-15(16-3-7-18(8-4-16)24-34-19(27(29,30)31)13-37(24)12-10-28)39-20(40)9-11-38-26(39)35-23(36-38)21-22(17-5-6-17)32-14-33-25(21)41-2/h3-4,7-8,13-15,17H,5-6,9-12H2,1-2H3. The van der Waals surface area contributed by atoms with E-state index in [-0.39, 0.29) is 30.6 Å². The van der Waals surface area contributed by atoms with Crippen LogP contribution in [-0.4, -0.2) is 54.0 Å². The number of carbonyl (C=O) groups is 1. The number of methoxy groups -OCH3 is 1. The van der Waals surface area contributed by atoms with Crippen molar-refractivity contribution < 1.29 is 27.1 Å². The third-order valence-corrected chi connectivity index (χ3v) is 7.33. The maximum Gasteiger partial charge on any atom is 0.434 e. The number of fused-ring (bicyclic) bond motifs is 1. The predicted molar refractivity (Wildman–Crippen MR) is 139 cm³/mol. The molecule has 4 aromatic rings. The number of imidazole rings is 1. The Hall–Kier alpha value is -4.36. The molecule has 1 saturated carbocycles. The van der Waals surface area contributed by atoms with Crippen molar-refractivity contribution in [2.75, 3.05) is 18.7 Å². The molecule has 0 radical (unpaired) electrons. The fourth-order valence-electron chi connectivity index (χ4n) is 5.11. The van der Waals surface area contributed by atoms with Crippen LogP contribution in [0.25, 0.3) is 22.8 Å². The lowest BCUT2D eigenvalue weighted by Crippen LogP contribution is -2.39. The van der Waals surface area contributed by atoms with Crippen molar-refractivity contribution in [3.8, 4) is 28.7 Å². The van der Waals surface area contributed by atoms with Gasteiger partial charge in [-0.05, 0) is 25.3 Å². The quantitative estimate of drug-likeness (QED) is 0.276. The number of benzene rings is 1. The van der Waals surface area contributed by atoms with E-state index in [1.807, 2.05) is 6.92 Å². The minimum Gasteiger partial charge on any atom is -0.480 e.